The third kappa shape index (κ3) is 4.98. The summed E-state index contributed by atoms with van der Waals surface area (Å²) in [6.45, 7) is -1.74. The lowest BCUT2D eigenvalue weighted by atomic mass is 10.1. The second kappa shape index (κ2) is 5.20. The maximum absolute atomic E-state index is 11.8. The SMILES string of the molecule is O=C1CCC(NS(=O)(=O)NCC(F)(F)F)C(=O)N1. The van der Waals surface area contributed by atoms with Gasteiger partial charge in [0.05, 0.1) is 0 Å². The highest BCUT2D eigenvalue weighted by Gasteiger charge is 2.33. The molecule has 1 fully saturated rings. The smallest absolute Gasteiger partial charge is 0.295 e. The molecule has 2 amide bonds. The van der Waals surface area contributed by atoms with Crippen LogP contribution in [0.5, 0.6) is 0 Å². The van der Waals surface area contributed by atoms with Gasteiger partial charge in [0.25, 0.3) is 10.2 Å². The predicted octanol–water partition coefficient (Wildman–Crippen LogP) is -1.22. The van der Waals surface area contributed by atoms with E-state index in [4.69, 9.17) is 0 Å². The number of imide groups is 1. The van der Waals surface area contributed by atoms with Crippen LogP contribution in [0.25, 0.3) is 0 Å². The summed E-state index contributed by atoms with van der Waals surface area (Å²) in [6.07, 6.45) is -4.88. The second-order valence-corrected chi connectivity index (χ2v) is 5.09. The van der Waals surface area contributed by atoms with Gasteiger partial charge >= 0.3 is 6.18 Å². The van der Waals surface area contributed by atoms with Gasteiger partial charge in [-0.15, -0.1) is 0 Å². The van der Waals surface area contributed by atoms with Crippen LogP contribution in [0.3, 0.4) is 0 Å². The summed E-state index contributed by atoms with van der Waals surface area (Å²) in [7, 11) is -4.46. The molecule has 1 rings (SSSR count). The highest BCUT2D eigenvalue weighted by molar-refractivity contribution is 7.87. The molecule has 1 aliphatic heterocycles. The summed E-state index contributed by atoms with van der Waals surface area (Å²) in [5.74, 6) is -1.44. The molecule has 0 aromatic heterocycles. The molecule has 1 saturated heterocycles. The topological polar surface area (TPSA) is 104 Å². The average molecular weight is 289 g/mol. The first-order valence-electron chi connectivity index (χ1n) is 4.76. The fraction of sp³-hybridized carbons (Fsp3) is 0.714. The van der Waals surface area contributed by atoms with E-state index in [1.807, 2.05) is 5.32 Å². The van der Waals surface area contributed by atoms with E-state index in [1.165, 1.54) is 4.72 Å². The molecule has 1 atom stereocenters. The Morgan fingerprint density at radius 3 is 2.44 bits per heavy atom. The van der Waals surface area contributed by atoms with Crippen LogP contribution in [-0.2, 0) is 19.8 Å². The predicted molar refractivity (Wildman–Crippen MR) is 52.3 cm³/mol. The molecule has 0 saturated carbocycles. The summed E-state index contributed by atoms with van der Waals surface area (Å²) >= 11 is 0. The van der Waals surface area contributed by atoms with Gasteiger partial charge in [0.2, 0.25) is 11.8 Å². The molecule has 0 aromatic carbocycles. The van der Waals surface area contributed by atoms with E-state index in [0.29, 0.717) is 0 Å². The van der Waals surface area contributed by atoms with Crippen molar-refractivity contribution in [1.29, 1.82) is 0 Å². The van der Waals surface area contributed by atoms with Crippen LogP contribution in [0.4, 0.5) is 13.2 Å². The Labute approximate surface area is 100 Å². The van der Waals surface area contributed by atoms with E-state index in [-0.39, 0.29) is 12.8 Å². The number of hydrogen-bond donors (Lipinski definition) is 3. The van der Waals surface area contributed by atoms with Gasteiger partial charge in [0.1, 0.15) is 12.6 Å². The molecule has 3 N–H and O–H groups in total. The Morgan fingerprint density at radius 2 is 1.94 bits per heavy atom. The minimum atomic E-state index is -4.69. The highest BCUT2D eigenvalue weighted by atomic mass is 32.2. The molecule has 0 radical (unpaired) electrons. The highest BCUT2D eigenvalue weighted by Crippen LogP contribution is 2.13. The molecule has 0 aromatic rings. The largest absolute Gasteiger partial charge is 0.402 e. The van der Waals surface area contributed by atoms with Crippen LogP contribution < -0.4 is 14.8 Å². The summed E-state index contributed by atoms with van der Waals surface area (Å²) in [5, 5.41) is 1.87. The summed E-state index contributed by atoms with van der Waals surface area (Å²) in [4.78, 5) is 21.9. The van der Waals surface area contributed by atoms with Gasteiger partial charge in [-0.25, -0.2) is 0 Å². The first-order chi connectivity index (χ1) is 8.09. The van der Waals surface area contributed by atoms with Crippen molar-refractivity contribution >= 4 is 22.0 Å². The van der Waals surface area contributed by atoms with Crippen molar-refractivity contribution in [3.8, 4) is 0 Å². The maximum Gasteiger partial charge on any atom is 0.402 e. The average Bonchev–Trinajstić information content (AvgIpc) is 2.19. The van der Waals surface area contributed by atoms with Crippen molar-refractivity contribution in [2.24, 2.45) is 0 Å². The first-order valence-corrected chi connectivity index (χ1v) is 6.25. The number of rotatable bonds is 4. The normalized spacial score (nSPS) is 21.8. The van der Waals surface area contributed by atoms with Gasteiger partial charge in [0, 0.05) is 6.42 Å². The Kier molecular flexibility index (Phi) is 4.29. The van der Waals surface area contributed by atoms with Crippen LogP contribution in [0.2, 0.25) is 0 Å². The molecule has 0 bridgehead atoms. The molecule has 1 heterocycles. The van der Waals surface area contributed by atoms with Crippen LogP contribution >= 0.6 is 0 Å². The van der Waals surface area contributed by atoms with Gasteiger partial charge in [-0.05, 0) is 6.42 Å². The fourth-order valence-corrected chi connectivity index (χ4v) is 2.25. The van der Waals surface area contributed by atoms with Crippen molar-refractivity contribution in [2.75, 3.05) is 6.54 Å². The quantitative estimate of drug-likeness (QED) is 0.564. The number of piperidine rings is 1. The lowest BCUT2D eigenvalue weighted by Gasteiger charge is -2.21. The molecule has 0 aliphatic carbocycles. The number of halogens is 3. The van der Waals surface area contributed by atoms with Crippen LogP contribution in [0, 0.1) is 0 Å². The lowest BCUT2D eigenvalue weighted by molar-refractivity contribution is -0.134. The molecule has 1 unspecified atom stereocenters. The first kappa shape index (κ1) is 14.9. The van der Waals surface area contributed by atoms with Crippen molar-refractivity contribution in [3.63, 3.8) is 0 Å². The minimum Gasteiger partial charge on any atom is -0.295 e. The van der Waals surface area contributed by atoms with Crippen molar-refractivity contribution in [3.05, 3.63) is 0 Å². The number of nitrogens with one attached hydrogen (secondary N) is 3. The molecular weight excluding hydrogens is 279 g/mol. The molecule has 1 aliphatic rings. The van der Waals surface area contributed by atoms with E-state index >= 15 is 0 Å². The Morgan fingerprint density at radius 1 is 1.33 bits per heavy atom. The lowest BCUT2D eigenvalue weighted by Crippen LogP contribution is -2.55. The third-order valence-electron chi connectivity index (χ3n) is 2.00. The Bertz CT molecular complexity index is 447. The summed E-state index contributed by atoms with van der Waals surface area (Å²) < 4.78 is 60.8. The number of carbonyl (C=O) groups is 2. The van der Waals surface area contributed by atoms with Crippen molar-refractivity contribution < 1.29 is 31.2 Å². The van der Waals surface area contributed by atoms with Gasteiger partial charge in [-0.1, -0.05) is 0 Å². The summed E-state index contributed by atoms with van der Waals surface area (Å²) in [6, 6.07) is -1.26. The summed E-state index contributed by atoms with van der Waals surface area (Å²) in [5.41, 5.74) is 0. The second-order valence-electron chi connectivity index (χ2n) is 3.56. The van der Waals surface area contributed by atoms with E-state index in [0.717, 1.165) is 0 Å². The van der Waals surface area contributed by atoms with Crippen molar-refractivity contribution in [2.45, 2.75) is 25.1 Å². The molecule has 104 valence electrons. The Hall–Kier alpha value is -1.20. The van der Waals surface area contributed by atoms with E-state index in [2.05, 4.69) is 0 Å². The number of amides is 2. The molecular formula is C7H10F3N3O4S. The van der Waals surface area contributed by atoms with Crippen molar-refractivity contribution in [1.82, 2.24) is 14.8 Å². The molecule has 18 heavy (non-hydrogen) atoms. The minimum absolute atomic E-state index is 0.0851. The van der Waals surface area contributed by atoms with Gasteiger partial charge in [0.15, 0.2) is 0 Å². The molecule has 7 nitrogen and oxygen atoms in total. The van der Waals surface area contributed by atoms with E-state index < -0.39 is 40.8 Å². The van der Waals surface area contributed by atoms with E-state index in [1.54, 1.807) is 4.72 Å². The molecule has 0 spiro atoms. The Balaban J connectivity index is 2.55. The van der Waals surface area contributed by atoms with Crippen LogP contribution in [0.15, 0.2) is 0 Å². The number of carbonyl (C=O) groups excluding carboxylic acids is 2. The number of hydrogen-bond acceptors (Lipinski definition) is 4. The van der Waals surface area contributed by atoms with Crippen LogP contribution in [-0.4, -0.2) is 39.0 Å². The van der Waals surface area contributed by atoms with Gasteiger partial charge in [-0.3, -0.25) is 14.9 Å². The zero-order valence-corrected chi connectivity index (χ0v) is 9.69. The number of alkyl halides is 3. The monoisotopic (exact) mass is 289 g/mol. The fourth-order valence-electron chi connectivity index (χ4n) is 1.21. The molecule has 11 heteroatoms. The zero-order valence-electron chi connectivity index (χ0n) is 8.87. The van der Waals surface area contributed by atoms with Gasteiger partial charge in [-0.2, -0.15) is 31.0 Å². The standard InChI is InChI=1S/C7H10F3N3O4S/c8-7(9,10)3-11-18(16,17)13-4-1-2-5(14)12-6(4)15/h4,11,13H,1-3H2,(H,12,14,15). The maximum atomic E-state index is 11.8. The van der Waals surface area contributed by atoms with Crippen LogP contribution in [0.1, 0.15) is 12.8 Å². The zero-order chi connectivity index (χ0) is 14.0. The third-order valence-corrected chi connectivity index (χ3v) is 3.12. The van der Waals surface area contributed by atoms with E-state index in [9.17, 15) is 31.2 Å². The van der Waals surface area contributed by atoms with Gasteiger partial charge < -0.3 is 0 Å².